The summed E-state index contributed by atoms with van der Waals surface area (Å²) < 4.78 is 10.3. The lowest BCUT2D eigenvalue weighted by Crippen LogP contribution is -2.60. The molecule has 1 aliphatic heterocycles. The molecule has 1 saturated heterocycles. The van der Waals surface area contributed by atoms with Crippen LogP contribution < -0.4 is 5.73 Å². The van der Waals surface area contributed by atoms with E-state index in [9.17, 15) is 9.90 Å². The molecule has 0 bridgehead atoms. The van der Waals surface area contributed by atoms with Crippen LogP contribution in [0.4, 0.5) is 4.79 Å². The van der Waals surface area contributed by atoms with Gasteiger partial charge in [0.2, 0.25) is 0 Å². The third kappa shape index (κ3) is 1.49. The second-order valence-corrected chi connectivity index (χ2v) is 4.11. The largest absolute Gasteiger partial charge is 0.441 e. The number of carbonyl (C=O) groups excluding carboxylic acids is 1. The van der Waals surface area contributed by atoms with Gasteiger partial charge < -0.3 is 25.2 Å². The van der Waals surface area contributed by atoms with Crippen LogP contribution in [0.15, 0.2) is 0 Å². The molecule has 0 aromatic rings. The number of aliphatic hydroxyl groups excluding tert-OH is 1. The number of carbonyl (C=O) groups is 1. The van der Waals surface area contributed by atoms with Gasteiger partial charge in [-0.1, -0.05) is 0 Å². The highest BCUT2D eigenvalue weighted by molar-refractivity contribution is 5.70. The Labute approximate surface area is 87.9 Å². The number of methoxy groups -OCH3 is 1. The number of amides is 1. The molecule has 1 aliphatic carbocycles. The summed E-state index contributed by atoms with van der Waals surface area (Å²) >= 11 is 0. The van der Waals surface area contributed by atoms with Crippen LogP contribution in [-0.2, 0) is 9.47 Å². The Bertz CT molecular complexity index is 273. The summed E-state index contributed by atoms with van der Waals surface area (Å²) in [6.07, 6.45) is -1.46. The lowest BCUT2D eigenvalue weighted by atomic mass is 9.84. The van der Waals surface area contributed by atoms with Crippen molar-refractivity contribution in [2.75, 3.05) is 14.2 Å². The van der Waals surface area contributed by atoms with E-state index in [1.807, 2.05) is 0 Å². The molecule has 1 amide bonds. The minimum Gasteiger partial charge on any atom is -0.441 e. The number of ether oxygens (including phenoxy) is 2. The van der Waals surface area contributed by atoms with Crippen LogP contribution >= 0.6 is 0 Å². The Kier molecular flexibility index (Phi) is 2.57. The number of hydrogen-bond donors (Lipinski definition) is 2. The summed E-state index contributed by atoms with van der Waals surface area (Å²) in [5.41, 5.74) is 5.75. The molecule has 0 unspecified atom stereocenters. The lowest BCUT2D eigenvalue weighted by Gasteiger charge is -2.39. The number of rotatable bonds is 1. The van der Waals surface area contributed by atoms with Crippen LogP contribution in [0.1, 0.15) is 6.42 Å². The third-order valence-electron chi connectivity index (χ3n) is 3.27. The van der Waals surface area contributed by atoms with Crippen molar-refractivity contribution in [2.24, 2.45) is 5.73 Å². The van der Waals surface area contributed by atoms with E-state index in [1.54, 1.807) is 14.2 Å². The molecule has 2 rings (SSSR count). The zero-order valence-corrected chi connectivity index (χ0v) is 8.79. The molecular weight excluding hydrogens is 200 g/mol. The Balaban J connectivity index is 2.24. The molecule has 15 heavy (non-hydrogen) atoms. The quantitative estimate of drug-likeness (QED) is 0.582. The molecule has 1 heterocycles. The average Bonchev–Trinajstić information content (AvgIpc) is 2.50. The first-order chi connectivity index (χ1) is 7.06. The van der Waals surface area contributed by atoms with E-state index < -0.39 is 24.3 Å². The second kappa shape index (κ2) is 3.62. The van der Waals surface area contributed by atoms with Gasteiger partial charge in [0.05, 0.1) is 6.10 Å². The van der Waals surface area contributed by atoms with E-state index >= 15 is 0 Å². The first kappa shape index (κ1) is 10.7. The minimum absolute atomic E-state index is 0.176. The molecule has 0 spiro atoms. The van der Waals surface area contributed by atoms with E-state index in [1.165, 1.54) is 4.90 Å². The Morgan fingerprint density at radius 3 is 2.93 bits per heavy atom. The van der Waals surface area contributed by atoms with E-state index in [4.69, 9.17) is 15.2 Å². The molecule has 0 aromatic carbocycles. The van der Waals surface area contributed by atoms with Crippen molar-refractivity contribution in [1.29, 1.82) is 0 Å². The number of likely N-dealkylation sites (N-methyl/N-ethyl adjacent to an activating group) is 1. The van der Waals surface area contributed by atoms with E-state index in [0.717, 1.165) is 0 Å². The molecule has 3 N–H and O–H groups in total. The van der Waals surface area contributed by atoms with E-state index in [-0.39, 0.29) is 12.1 Å². The highest BCUT2D eigenvalue weighted by atomic mass is 16.6. The highest BCUT2D eigenvalue weighted by Crippen LogP contribution is 2.32. The van der Waals surface area contributed by atoms with Crippen molar-refractivity contribution in [3.05, 3.63) is 0 Å². The predicted molar refractivity (Wildman–Crippen MR) is 51.2 cm³/mol. The third-order valence-corrected chi connectivity index (χ3v) is 3.27. The number of nitrogens with zero attached hydrogens (tertiary/aromatic N) is 1. The monoisotopic (exact) mass is 216 g/mol. The van der Waals surface area contributed by atoms with Gasteiger partial charge in [0, 0.05) is 20.2 Å². The van der Waals surface area contributed by atoms with Crippen LogP contribution in [-0.4, -0.2) is 60.7 Å². The Morgan fingerprint density at radius 2 is 2.33 bits per heavy atom. The van der Waals surface area contributed by atoms with Gasteiger partial charge in [-0.2, -0.15) is 0 Å². The highest BCUT2D eigenvalue weighted by Gasteiger charge is 2.53. The first-order valence-electron chi connectivity index (χ1n) is 4.96. The standard InChI is InChI=1S/C9H16N2O4/c1-11-6-5(14-2)3-4(10)7(12)8(6)15-9(11)13/h4-8,12H,3,10H2,1-2H3/t4-,5-,6-,7+,8-/m1/s1. The van der Waals surface area contributed by atoms with Gasteiger partial charge in [-0.3, -0.25) is 0 Å². The van der Waals surface area contributed by atoms with Crippen LogP contribution in [0.3, 0.4) is 0 Å². The maximum atomic E-state index is 11.4. The van der Waals surface area contributed by atoms with Crippen molar-refractivity contribution >= 4 is 6.09 Å². The summed E-state index contributed by atoms with van der Waals surface area (Å²) in [6, 6.07) is -0.646. The maximum absolute atomic E-state index is 11.4. The van der Waals surface area contributed by atoms with Crippen molar-refractivity contribution in [2.45, 2.75) is 36.8 Å². The maximum Gasteiger partial charge on any atom is 0.410 e. The van der Waals surface area contributed by atoms with Gasteiger partial charge in [-0.15, -0.1) is 0 Å². The fraction of sp³-hybridized carbons (Fsp3) is 0.889. The van der Waals surface area contributed by atoms with Crippen molar-refractivity contribution in [1.82, 2.24) is 4.90 Å². The number of fused-ring (bicyclic) bond motifs is 1. The summed E-state index contributed by atoms with van der Waals surface area (Å²) in [5, 5.41) is 9.81. The summed E-state index contributed by atoms with van der Waals surface area (Å²) in [5.74, 6) is 0. The molecule has 0 aromatic heterocycles. The van der Waals surface area contributed by atoms with Gasteiger partial charge in [-0.25, -0.2) is 4.79 Å². The Hall–Kier alpha value is -0.850. The van der Waals surface area contributed by atoms with Gasteiger partial charge in [0.15, 0.2) is 6.10 Å². The molecular formula is C9H16N2O4. The molecule has 6 heteroatoms. The molecule has 2 aliphatic rings. The SMILES string of the molecule is CO[C@@H]1C[C@@H](N)[C@H](O)[C@@H]2OC(=O)N(C)[C@@H]21. The van der Waals surface area contributed by atoms with Gasteiger partial charge in [0.1, 0.15) is 12.1 Å². The molecule has 0 radical (unpaired) electrons. The van der Waals surface area contributed by atoms with Crippen molar-refractivity contribution in [3.8, 4) is 0 Å². The predicted octanol–water partition coefficient (Wildman–Crippen LogP) is -1.09. The van der Waals surface area contributed by atoms with E-state index in [2.05, 4.69) is 0 Å². The molecule has 86 valence electrons. The molecule has 6 nitrogen and oxygen atoms in total. The smallest absolute Gasteiger partial charge is 0.410 e. The zero-order valence-electron chi connectivity index (χ0n) is 8.79. The summed E-state index contributed by atoms with van der Waals surface area (Å²) in [7, 11) is 3.21. The van der Waals surface area contributed by atoms with Crippen LogP contribution in [0, 0.1) is 0 Å². The second-order valence-electron chi connectivity index (χ2n) is 4.11. The van der Waals surface area contributed by atoms with Crippen LogP contribution in [0.5, 0.6) is 0 Å². The van der Waals surface area contributed by atoms with Gasteiger partial charge in [0.25, 0.3) is 0 Å². The average molecular weight is 216 g/mol. The fourth-order valence-electron chi connectivity index (χ4n) is 2.37. The van der Waals surface area contributed by atoms with E-state index in [0.29, 0.717) is 6.42 Å². The number of aliphatic hydroxyl groups is 1. The van der Waals surface area contributed by atoms with Gasteiger partial charge >= 0.3 is 6.09 Å². The van der Waals surface area contributed by atoms with Crippen molar-refractivity contribution in [3.63, 3.8) is 0 Å². The summed E-state index contributed by atoms with van der Waals surface area (Å²) in [6.45, 7) is 0. The van der Waals surface area contributed by atoms with Crippen LogP contribution in [0.2, 0.25) is 0 Å². The minimum atomic E-state index is -0.810. The topological polar surface area (TPSA) is 85.0 Å². The number of nitrogens with two attached hydrogens (primary N) is 1. The van der Waals surface area contributed by atoms with Crippen molar-refractivity contribution < 1.29 is 19.4 Å². The fourth-order valence-corrected chi connectivity index (χ4v) is 2.37. The lowest BCUT2D eigenvalue weighted by molar-refractivity contribution is -0.0776. The van der Waals surface area contributed by atoms with Crippen LogP contribution in [0.25, 0.3) is 0 Å². The normalized spacial score (nSPS) is 45.2. The summed E-state index contributed by atoms with van der Waals surface area (Å²) in [4.78, 5) is 12.8. The zero-order chi connectivity index (χ0) is 11.2. The van der Waals surface area contributed by atoms with Gasteiger partial charge in [-0.05, 0) is 6.42 Å². The Morgan fingerprint density at radius 1 is 1.67 bits per heavy atom. The molecule has 5 atom stereocenters. The first-order valence-corrected chi connectivity index (χ1v) is 4.96. The molecule has 1 saturated carbocycles. The molecule has 2 fully saturated rings. The number of hydrogen-bond acceptors (Lipinski definition) is 5.